The average molecular weight is 283 g/mol. The van der Waals surface area contributed by atoms with Crippen LogP contribution < -0.4 is 5.32 Å². The van der Waals surface area contributed by atoms with Gasteiger partial charge >= 0.3 is 0 Å². The maximum absolute atomic E-state index is 12.2. The third-order valence-electron chi connectivity index (χ3n) is 3.67. The molecule has 0 radical (unpaired) electrons. The van der Waals surface area contributed by atoms with Gasteiger partial charge in [-0.2, -0.15) is 0 Å². The molecule has 106 valence electrons. The van der Waals surface area contributed by atoms with Gasteiger partial charge in [-0.1, -0.05) is 31.2 Å². The highest BCUT2D eigenvalue weighted by Gasteiger charge is 2.19. The molecule has 0 bridgehead atoms. The molecule has 1 aromatic carbocycles. The normalized spacial score (nSPS) is 16.6. The van der Waals surface area contributed by atoms with Crippen molar-refractivity contribution in [1.29, 1.82) is 0 Å². The van der Waals surface area contributed by atoms with Gasteiger partial charge in [-0.25, -0.2) is 0 Å². The van der Waals surface area contributed by atoms with Crippen LogP contribution in [0.4, 0.5) is 0 Å². The average Bonchev–Trinajstić information content (AvgIpc) is 2.40. The number of benzene rings is 1. The molecule has 4 heteroatoms. The number of nitrogens with one attached hydrogen (secondary N) is 1. The first kappa shape index (κ1) is 16.0. The van der Waals surface area contributed by atoms with Crippen molar-refractivity contribution in [1.82, 2.24) is 10.2 Å². The number of amides is 1. The Morgan fingerprint density at radius 2 is 1.95 bits per heavy atom. The summed E-state index contributed by atoms with van der Waals surface area (Å²) in [5, 5.41) is 3.27. The Bertz CT molecular complexity index is 416. The lowest BCUT2D eigenvalue weighted by Gasteiger charge is -2.28. The van der Waals surface area contributed by atoms with Crippen LogP contribution >= 0.6 is 12.4 Å². The Kier molecular flexibility index (Phi) is 6.32. The summed E-state index contributed by atoms with van der Waals surface area (Å²) in [6.45, 7) is 7.79. The molecule has 1 aliphatic heterocycles. The number of hydrogen-bond acceptors (Lipinski definition) is 2. The number of carbonyl (C=O) groups excluding carboxylic acids is 1. The van der Waals surface area contributed by atoms with Crippen LogP contribution in [-0.2, 0) is 4.79 Å². The van der Waals surface area contributed by atoms with Crippen molar-refractivity contribution in [3.63, 3.8) is 0 Å². The molecule has 1 atom stereocenters. The van der Waals surface area contributed by atoms with Crippen LogP contribution in [0, 0.1) is 6.92 Å². The number of aryl methyl sites for hydroxylation is 1. The van der Waals surface area contributed by atoms with Gasteiger partial charge in [0.05, 0.1) is 0 Å². The summed E-state index contributed by atoms with van der Waals surface area (Å²) in [7, 11) is 0. The Morgan fingerprint density at radius 1 is 1.32 bits per heavy atom. The summed E-state index contributed by atoms with van der Waals surface area (Å²) in [5.41, 5.74) is 2.57. The van der Waals surface area contributed by atoms with Crippen molar-refractivity contribution in [2.75, 3.05) is 26.2 Å². The van der Waals surface area contributed by atoms with E-state index in [-0.39, 0.29) is 18.3 Å². The van der Waals surface area contributed by atoms with Crippen LogP contribution in [0.2, 0.25) is 0 Å². The molecule has 1 heterocycles. The van der Waals surface area contributed by atoms with Crippen LogP contribution in [0.25, 0.3) is 0 Å². The van der Waals surface area contributed by atoms with E-state index in [0.29, 0.717) is 12.3 Å². The molecule has 0 aromatic heterocycles. The fourth-order valence-corrected chi connectivity index (χ4v) is 2.55. The second-order valence-corrected chi connectivity index (χ2v) is 5.09. The third kappa shape index (κ3) is 4.22. The van der Waals surface area contributed by atoms with Gasteiger partial charge in [-0.15, -0.1) is 12.4 Å². The molecule has 1 saturated heterocycles. The van der Waals surface area contributed by atoms with E-state index in [0.717, 1.165) is 26.2 Å². The fourth-order valence-electron chi connectivity index (χ4n) is 2.55. The second kappa shape index (κ2) is 7.51. The Labute approximate surface area is 121 Å². The van der Waals surface area contributed by atoms with Gasteiger partial charge < -0.3 is 10.2 Å². The molecule has 0 spiro atoms. The van der Waals surface area contributed by atoms with Crippen LogP contribution in [0.1, 0.15) is 30.4 Å². The predicted octanol–water partition coefficient (Wildman–Crippen LogP) is 2.34. The predicted molar refractivity (Wildman–Crippen MR) is 80.9 cm³/mol. The maximum atomic E-state index is 12.2. The molecule has 1 fully saturated rings. The minimum absolute atomic E-state index is 0. The molecule has 2 rings (SSSR count). The number of halogens is 1. The third-order valence-corrected chi connectivity index (χ3v) is 3.67. The fraction of sp³-hybridized carbons (Fsp3) is 0.533. The zero-order valence-electron chi connectivity index (χ0n) is 11.7. The van der Waals surface area contributed by atoms with Gasteiger partial charge in [0.25, 0.3) is 0 Å². The smallest absolute Gasteiger partial charge is 0.223 e. The summed E-state index contributed by atoms with van der Waals surface area (Å²) in [4.78, 5) is 14.2. The highest BCUT2D eigenvalue weighted by Crippen LogP contribution is 2.23. The molecule has 1 aliphatic rings. The van der Waals surface area contributed by atoms with Crippen LogP contribution in [0.3, 0.4) is 0 Å². The van der Waals surface area contributed by atoms with Crippen LogP contribution in [0.15, 0.2) is 24.3 Å². The van der Waals surface area contributed by atoms with Crippen molar-refractivity contribution in [3.8, 4) is 0 Å². The lowest BCUT2D eigenvalue weighted by atomic mass is 9.93. The first-order valence-electron chi connectivity index (χ1n) is 6.72. The molecular formula is C15H23ClN2O. The van der Waals surface area contributed by atoms with Gasteiger partial charge in [0.1, 0.15) is 0 Å². The van der Waals surface area contributed by atoms with Gasteiger partial charge in [0, 0.05) is 32.6 Å². The Balaban J connectivity index is 0.00000180. The number of nitrogens with zero attached hydrogens (tertiary/aromatic N) is 1. The summed E-state index contributed by atoms with van der Waals surface area (Å²) >= 11 is 0. The van der Waals surface area contributed by atoms with Gasteiger partial charge in [0.2, 0.25) is 5.91 Å². The van der Waals surface area contributed by atoms with E-state index in [1.165, 1.54) is 11.1 Å². The summed E-state index contributed by atoms with van der Waals surface area (Å²) < 4.78 is 0. The molecule has 1 N–H and O–H groups in total. The number of rotatable bonds is 3. The largest absolute Gasteiger partial charge is 0.340 e. The van der Waals surface area contributed by atoms with Gasteiger partial charge in [-0.05, 0) is 24.0 Å². The highest BCUT2D eigenvalue weighted by atomic mass is 35.5. The summed E-state index contributed by atoms with van der Waals surface area (Å²) in [5.74, 6) is 0.584. The second-order valence-electron chi connectivity index (χ2n) is 5.09. The van der Waals surface area contributed by atoms with Crippen molar-refractivity contribution in [2.24, 2.45) is 0 Å². The molecule has 19 heavy (non-hydrogen) atoms. The van der Waals surface area contributed by atoms with Crippen LogP contribution in [0.5, 0.6) is 0 Å². The van der Waals surface area contributed by atoms with E-state index in [1.54, 1.807) is 0 Å². The van der Waals surface area contributed by atoms with Crippen molar-refractivity contribution < 1.29 is 4.79 Å². The molecule has 1 amide bonds. The zero-order chi connectivity index (χ0) is 13.0. The number of hydrogen-bond donors (Lipinski definition) is 1. The minimum atomic E-state index is 0. The highest BCUT2D eigenvalue weighted by molar-refractivity contribution is 5.85. The number of piperazine rings is 1. The monoisotopic (exact) mass is 282 g/mol. The van der Waals surface area contributed by atoms with Crippen molar-refractivity contribution >= 4 is 18.3 Å². The standard InChI is InChI=1S/C15H22N2O.ClH/c1-12-5-3-4-6-14(12)13(2)11-15(18)17-9-7-16-8-10-17;/h3-6,13,16H,7-11H2,1-2H3;1H. The van der Waals surface area contributed by atoms with Crippen molar-refractivity contribution in [2.45, 2.75) is 26.2 Å². The van der Waals surface area contributed by atoms with Gasteiger partial charge in [0.15, 0.2) is 0 Å². The topological polar surface area (TPSA) is 32.3 Å². The SMILES string of the molecule is Cc1ccccc1C(C)CC(=O)N1CCNCC1.Cl. The van der Waals surface area contributed by atoms with E-state index in [1.807, 2.05) is 17.0 Å². The first-order valence-corrected chi connectivity index (χ1v) is 6.72. The molecule has 0 aliphatic carbocycles. The van der Waals surface area contributed by atoms with E-state index < -0.39 is 0 Å². The minimum Gasteiger partial charge on any atom is -0.340 e. The molecule has 0 saturated carbocycles. The zero-order valence-corrected chi connectivity index (χ0v) is 12.5. The lowest BCUT2D eigenvalue weighted by molar-refractivity contribution is -0.132. The summed E-state index contributed by atoms with van der Waals surface area (Å²) in [6, 6.07) is 8.34. The lowest BCUT2D eigenvalue weighted by Crippen LogP contribution is -2.46. The Morgan fingerprint density at radius 3 is 2.58 bits per heavy atom. The van der Waals surface area contributed by atoms with E-state index in [2.05, 4.69) is 31.3 Å². The van der Waals surface area contributed by atoms with E-state index in [9.17, 15) is 4.79 Å². The van der Waals surface area contributed by atoms with Gasteiger partial charge in [-0.3, -0.25) is 4.79 Å². The van der Waals surface area contributed by atoms with Crippen LogP contribution in [-0.4, -0.2) is 37.0 Å². The number of carbonyl (C=O) groups is 1. The van der Waals surface area contributed by atoms with E-state index >= 15 is 0 Å². The summed E-state index contributed by atoms with van der Waals surface area (Å²) in [6.07, 6.45) is 0.616. The molecule has 1 unspecified atom stereocenters. The Hall–Kier alpha value is -1.06. The quantitative estimate of drug-likeness (QED) is 0.923. The maximum Gasteiger partial charge on any atom is 0.223 e. The molecule has 1 aromatic rings. The molecular weight excluding hydrogens is 260 g/mol. The van der Waals surface area contributed by atoms with Crippen molar-refractivity contribution in [3.05, 3.63) is 35.4 Å². The first-order chi connectivity index (χ1) is 8.68. The van der Waals surface area contributed by atoms with E-state index in [4.69, 9.17) is 0 Å². The molecule has 3 nitrogen and oxygen atoms in total.